The summed E-state index contributed by atoms with van der Waals surface area (Å²) in [5.41, 5.74) is 2.73. The summed E-state index contributed by atoms with van der Waals surface area (Å²) in [5, 5.41) is 0. The van der Waals surface area contributed by atoms with Gasteiger partial charge in [0.05, 0.1) is 0 Å². The molecule has 2 nitrogen and oxygen atoms in total. The second-order valence-corrected chi connectivity index (χ2v) is 4.55. The Hall–Kier alpha value is -0.920. The van der Waals surface area contributed by atoms with Gasteiger partial charge in [-0.05, 0) is 32.1 Å². The summed E-state index contributed by atoms with van der Waals surface area (Å²) in [4.78, 5) is 22.1. The van der Waals surface area contributed by atoms with Crippen molar-refractivity contribution in [2.45, 2.75) is 33.1 Å². The molecule has 2 heteroatoms. The van der Waals surface area contributed by atoms with Gasteiger partial charge >= 0.3 is 0 Å². The molecule has 3 atom stereocenters. The number of carbonyl (C=O) groups is 2. The molecule has 0 spiro atoms. The molecule has 2 rings (SSSR count). The Bertz CT molecular complexity index is 314. The highest BCUT2D eigenvalue weighted by molar-refractivity contribution is 5.80. The first kappa shape index (κ1) is 9.63. The second kappa shape index (κ2) is 3.34. The molecule has 0 fully saturated rings. The van der Waals surface area contributed by atoms with Gasteiger partial charge in [-0.1, -0.05) is 18.1 Å². The second-order valence-electron chi connectivity index (χ2n) is 4.55. The number of allylic oxidation sites excluding steroid dienone is 2. The SMILES string of the molecule is CC(=O)[C@@H]1CCC2=C([C@H](C=O)C2)[C@@H]1C. The molecule has 14 heavy (non-hydrogen) atoms. The Morgan fingerprint density at radius 2 is 2.21 bits per heavy atom. The Morgan fingerprint density at radius 1 is 1.50 bits per heavy atom. The molecular formula is C12H16O2. The van der Waals surface area contributed by atoms with Crippen molar-refractivity contribution in [3.63, 3.8) is 0 Å². The minimum atomic E-state index is 0.127. The number of ketones is 1. The predicted octanol–water partition coefficient (Wildman–Crippen LogP) is 2.14. The summed E-state index contributed by atoms with van der Waals surface area (Å²) in [7, 11) is 0. The molecule has 0 saturated heterocycles. The van der Waals surface area contributed by atoms with Gasteiger partial charge in [0.25, 0.3) is 0 Å². The number of aldehydes is 1. The van der Waals surface area contributed by atoms with Crippen LogP contribution >= 0.6 is 0 Å². The lowest BCUT2D eigenvalue weighted by Crippen LogP contribution is -2.35. The number of rotatable bonds is 2. The lowest BCUT2D eigenvalue weighted by molar-refractivity contribution is -0.123. The lowest BCUT2D eigenvalue weighted by atomic mass is 9.62. The van der Waals surface area contributed by atoms with E-state index in [1.54, 1.807) is 6.92 Å². The van der Waals surface area contributed by atoms with Gasteiger partial charge in [-0.25, -0.2) is 0 Å². The van der Waals surface area contributed by atoms with E-state index in [1.807, 2.05) is 0 Å². The zero-order chi connectivity index (χ0) is 10.3. The van der Waals surface area contributed by atoms with Crippen LogP contribution < -0.4 is 0 Å². The van der Waals surface area contributed by atoms with Crippen molar-refractivity contribution in [3.8, 4) is 0 Å². The van der Waals surface area contributed by atoms with Gasteiger partial charge in [0.1, 0.15) is 12.1 Å². The van der Waals surface area contributed by atoms with Crippen LogP contribution in [0.1, 0.15) is 33.1 Å². The molecule has 0 heterocycles. The molecule has 0 aromatic heterocycles. The average Bonchev–Trinajstić information content (AvgIpc) is 2.07. The van der Waals surface area contributed by atoms with Crippen molar-refractivity contribution < 1.29 is 9.59 Å². The molecule has 0 aromatic rings. The fourth-order valence-electron chi connectivity index (χ4n) is 3.00. The van der Waals surface area contributed by atoms with Crippen molar-refractivity contribution in [1.82, 2.24) is 0 Å². The van der Waals surface area contributed by atoms with Crippen molar-refractivity contribution in [3.05, 3.63) is 11.1 Å². The minimum absolute atomic E-state index is 0.127. The van der Waals surface area contributed by atoms with Gasteiger partial charge in [0, 0.05) is 11.8 Å². The number of hydrogen-bond donors (Lipinski definition) is 0. The Labute approximate surface area is 84.4 Å². The van der Waals surface area contributed by atoms with Crippen molar-refractivity contribution in [1.29, 1.82) is 0 Å². The zero-order valence-electron chi connectivity index (χ0n) is 8.75. The molecular weight excluding hydrogens is 176 g/mol. The third kappa shape index (κ3) is 1.24. The average molecular weight is 192 g/mol. The summed E-state index contributed by atoms with van der Waals surface area (Å²) in [6.45, 7) is 3.76. The van der Waals surface area contributed by atoms with Crippen LogP contribution in [0.15, 0.2) is 11.1 Å². The minimum Gasteiger partial charge on any atom is -0.303 e. The van der Waals surface area contributed by atoms with E-state index in [2.05, 4.69) is 6.92 Å². The summed E-state index contributed by atoms with van der Waals surface area (Å²) < 4.78 is 0. The number of carbonyl (C=O) groups excluding carboxylic acids is 2. The maximum Gasteiger partial charge on any atom is 0.133 e. The molecule has 0 N–H and O–H groups in total. The van der Waals surface area contributed by atoms with E-state index >= 15 is 0 Å². The van der Waals surface area contributed by atoms with Crippen LogP contribution in [0.3, 0.4) is 0 Å². The van der Waals surface area contributed by atoms with E-state index in [9.17, 15) is 9.59 Å². The molecule has 2 aliphatic rings. The van der Waals surface area contributed by atoms with E-state index in [0.29, 0.717) is 5.92 Å². The largest absolute Gasteiger partial charge is 0.303 e. The van der Waals surface area contributed by atoms with Gasteiger partial charge in [-0.2, -0.15) is 0 Å². The summed E-state index contributed by atoms with van der Waals surface area (Å²) in [6.07, 6.45) is 4.01. The summed E-state index contributed by atoms with van der Waals surface area (Å²) in [6, 6.07) is 0. The monoisotopic (exact) mass is 192 g/mol. The van der Waals surface area contributed by atoms with Crippen LogP contribution in [0.2, 0.25) is 0 Å². The molecule has 0 bridgehead atoms. The molecule has 0 unspecified atom stereocenters. The Balaban J connectivity index is 2.22. The fraction of sp³-hybridized carbons (Fsp3) is 0.667. The van der Waals surface area contributed by atoms with E-state index < -0.39 is 0 Å². The van der Waals surface area contributed by atoms with Crippen LogP contribution in [-0.4, -0.2) is 12.1 Å². The van der Waals surface area contributed by atoms with E-state index in [4.69, 9.17) is 0 Å². The standard InChI is InChI=1S/C12H16O2/c1-7-11(8(2)14)4-3-9-5-10(6-13)12(7)9/h6-7,10-11H,3-5H2,1-2H3/t7-,10+,11-/m1/s1. The molecule has 2 aliphatic carbocycles. The van der Waals surface area contributed by atoms with Crippen LogP contribution in [-0.2, 0) is 9.59 Å². The molecule has 0 aliphatic heterocycles. The van der Waals surface area contributed by atoms with Crippen LogP contribution in [0.25, 0.3) is 0 Å². The van der Waals surface area contributed by atoms with Crippen molar-refractivity contribution in [2.75, 3.05) is 0 Å². The maximum atomic E-state index is 11.4. The number of Topliss-reactive ketones (excluding diaryl/α,β-unsaturated/α-hetero) is 1. The molecule has 0 aromatic carbocycles. The van der Waals surface area contributed by atoms with Crippen LogP contribution in [0, 0.1) is 17.8 Å². The Morgan fingerprint density at radius 3 is 2.79 bits per heavy atom. The van der Waals surface area contributed by atoms with E-state index in [-0.39, 0.29) is 17.6 Å². The highest BCUT2D eigenvalue weighted by atomic mass is 16.1. The lowest BCUT2D eigenvalue weighted by Gasteiger charge is -2.41. The first-order valence-corrected chi connectivity index (χ1v) is 5.32. The number of hydrogen-bond acceptors (Lipinski definition) is 2. The summed E-state index contributed by atoms with van der Waals surface area (Å²) >= 11 is 0. The Kier molecular flexibility index (Phi) is 2.30. The molecule has 0 saturated carbocycles. The zero-order valence-corrected chi connectivity index (χ0v) is 8.75. The van der Waals surface area contributed by atoms with Gasteiger partial charge in [-0.15, -0.1) is 0 Å². The molecule has 0 radical (unpaired) electrons. The molecule has 76 valence electrons. The fourth-order valence-corrected chi connectivity index (χ4v) is 3.00. The van der Waals surface area contributed by atoms with Gasteiger partial charge in [0.2, 0.25) is 0 Å². The van der Waals surface area contributed by atoms with Crippen LogP contribution in [0.4, 0.5) is 0 Å². The van der Waals surface area contributed by atoms with Gasteiger partial charge < -0.3 is 4.79 Å². The van der Waals surface area contributed by atoms with Crippen molar-refractivity contribution >= 4 is 12.1 Å². The van der Waals surface area contributed by atoms with Gasteiger partial charge in [0.15, 0.2) is 0 Å². The predicted molar refractivity (Wildman–Crippen MR) is 53.8 cm³/mol. The van der Waals surface area contributed by atoms with Gasteiger partial charge in [-0.3, -0.25) is 4.79 Å². The van der Waals surface area contributed by atoms with Crippen molar-refractivity contribution in [2.24, 2.45) is 17.8 Å². The van der Waals surface area contributed by atoms with E-state index in [0.717, 1.165) is 25.5 Å². The maximum absolute atomic E-state index is 11.4. The third-order valence-corrected chi connectivity index (χ3v) is 3.81. The smallest absolute Gasteiger partial charge is 0.133 e. The van der Waals surface area contributed by atoms with Crippen LogP contribution in [0.5, 0.6) is 0 Å². The quantitative estimate of drug-likeness (QED) is 0.496. The molecule has 0 amide bonds. The first-order chi connectivity index (χ1) is 6.65. The normalized spacial score (nSPS) is 36.0. The third-order valence-electron chi connectivity index (χ3n) is 3.81. The van der Waals surface area contributed by atoms with E-state index in [1.165, 1.54) is 11.1 Å². The topological polar surface area (TPSA) is 34.1 Å². The highest BCUT2D eigenvalue weighted by Gasteiger charge is 2.40. The summed E-state index contributed by atoms with van der Waals surface area (Å²) in [5.74, 6) is 0.874. The first-order valence-electron chi connectivity index (χ1n) is 5.32. The highest BCUT2D eigenvalue weighted by Crippen LogP contribution is 2.48.